The molecule has 0 aliphatic carbocycles. The van der Waals surface area contributed by atoms with Crippen molar-refractivity contribution >= 4 is 21.8 Å². The number of methoxy groups -OCH3 is 1. The largest absolute Gasteiger partial charge is 0.495 e. The molecule has 0 fully saturated rings. The lowest BCUT2D eigenvalue weighted by atomic mass is 10.2. The van der Waals surface area contributed by atoms with Gasteiger partial charge in [0.05, 0.1) is 25.6 Å². The molecule has 0 aliphatic heterocycles. The fraction of sp³-hybridized carbons (Fsp3) is 0.533. The molecule has 0 atom stereocenters. The second kappa shape index (κ2) is 7.54. The van der Waals surface area contributed by atoms with Crippen LogP contribution < -0.4 is 14.4 Å². The molecule has 23 heavy (non-hydrogen) atoms. The highest BCUT2D eigenvalue weighted by Gasteiger charge is 2.21. The van der Waals surface area contributed by atoms with Crippen LogP contribution in [0.2, 0.25) is 0 Å². The van der Waals surface area contributed by atoms with Crippen molar-refractivity contribution in [1.29, 1.82) is 0 Å². The number of ether oxygens (including phenoxy) is 2. The number of hydrogen-bond acceptors (Lipinski definition) is 5. The van der Waals surface area contributed by atoms with Crippen LogP contribution in [0.5, 0.6) is 5.75 Å². The molecular formula is C15H24N2O5S. The summed E-state index contributed by atoms with van der Waals surface area (Å²) in [7, 11) is -2.05. The Labute approximate surface area is 137 Å². The smallest absolute Gasteiger partial charge is 0.407 e. The predicted octanol–water partition coefficient (Wildman–Crippen LogP) is 1.99. The maximum absolute atomic E-state index is 12.0. The monoisotopic (exact) mass is 344 g/mol. The van der Waals surface area contributed by atoms with Gasteiger partial charge in [-0.05, 0) is 32.9 Å². The van der Waals surface area contributed by atoms with Crippen molar-refractivity contribution in [2.24, 2.45) is 0 Å². The van der Waals surface area contributed by atoms with Crippen molar-refractivity contribution in [3.8, 4) is 5.75 Å². The highest BCUT2D eigenvalue weighted by Crippen LogP contribution is 2.29. The molecule has 1 aromatic rings. The van der Waals surface area contributed by atoms with Crippen LogP contribution in [0.25, 0.3) is 0 Å². The lowest BCUT2D eigenvalue weighted by Crippen LogP contribution is -2.40. The first-order chi connectivity index (χ1) is 10.5. The van der Waals surface area contributed by atoms with Gasteiger partial charge in [0.2, 0.25) is 10.0 Å². The zero-order valence-electron chi connectivity index (χ0n) is 14.1. The number of nitrogens with one attached hydrogen (secondary N) is 1. The second-order valence-corrected chi connectivity index (χ2v) is 7.84. The van der Waals surface area contributed by atoms with Gasteiger partial charge in [0.15, 0.2) is 0 Å². The number of benzene rings is 1. The highest BCUT2D eigenvalue weighted by molar-refractivity contribution is 7.92. The third-order valence-electron chi connectivity index (χ3n) is 2.74. The minimum absolute atomic E-state index is 0.0679. The average molecular weight is 344 g/mol. The van der Waals surface area contributed by atoms with Crippen molar-refractivity contribution in [2.75, 3.05) is 30.8 Å². The molecule has 1 N–H and O–H groups in total. The summed E-state index contributed by atoms with van der Waals surface area (Å²) in [5.41, 5.74) is -0.188. The minimum atomic E-state index is -3.52. The molecule has 0 bridgehead atoms. The normalized spacial score (nSPS) is 11.7. The number of alkyl carbamates (subject to hydrolysis) is 1. The van der Waals surface area contributed by atoms with Crippen molar-refractivity contribution in [1.82, 2.24) is 5.32 Å². The molecule has 130 valence electrons. The van der Waals surface area contributed by atoms with Gasteiger partial charge >= 0.3 is 6.09 Å². The molecule has 0 aromatic heterocycles. The SMILES string of the molecule is COc1ccccc1N(CCNC(=O)OC(C)(C)C)S(C)(=O)=O. The highest BCUT2D eigenvalue weighted by atomic mass is 32.2. The minimum Gasteiger partial charge on any atom is -0.495 e. The van der Waals surface area contributed by atoms with Crippen molar-refractivity contribution < 1.29 is 22.7 Å². The van der Waals surface area contributed by atoms with Gasteiger partial charge in [-0.1, -0.05) is 12.1 Å². The zero-order valence-corrected chi connectivity index (χ0v) is 14.9. The summed E-state index contributed by atoms with van der Waals surface area (Å²) < 4.78 is 35.6. The van der Waals surface area contributed by atoms with Crippen LogP contribution in [-0.2, 0) is 14.8 Å². The van der Waals surface area contributed by atoms with Crippen molar-refractivity contribution in [3.05, 3.63) is 24.3 Å². The van der Waals surface area contributed by atoms with Gasteiger partial charge in [0.25, 0.3) is 0 Å². The van der Waals surface area contributed by atoms with E-state index in [9.17, 15) is 13.2 Å². The topological polar surface area (TPSA) is 84.9 Å². The molecule has 8 heteroatoms. The summed E-state index contributed by atoms with van der Waals surface area (Å²) in [6, 6.07) is 6.79. The van der Waals surface area contributed by atoms with Crippen LogP contribution in [0.15, 0.2) is 24.3 Å². The second-order valence-electron chi connectivity index (χ2n) is 5.94. The number of carbonyl (C=O) groups excluding carboxylic acids is 1. The third-order valence-corrected chi connectivity index (χ3v) is 3.92. The number of nitrogens with zero attached hydrogens (tertiary/aromatic N) is 1. The van der Waals surface area contributed by atoms with Crippen LogP contribution >= 0.6 is 0 Å². The van der Waals surface area contributed by atoms with Crippen LogP contribution in [0.4, 0.5) is 10.5 Å². The van der Waals surface area contributed by atoms with Crippen LogP contribution in [0, 0.1) is 0 Å². The third kappa shape index (κ3) is 6.35. The first-order valence-corrected chi connectivity index (χ1v) is 8.97. The molecule has 0 saturated carbocycles. The number of anilines is 1. The van der Waals surface area contributed by atoms with Gasteiger partial charge in [0.1, 0.15) is 11.4 Å². The first kappa shape index (κ1) is 19.1. The van der Waals surface area contributed by atoms with E-state index in [0.717, 1.165) is 6.26 Å². The molecule has 7 nitrogen and oxygen atoms in total. The summed E-state index contributed by atoms with van der Waals surface area (Å²) in [5.74, 6) is 0.440. The Bertz CT molecular complexity index is 638. The lowest BCUT2D eigenvalue weighted by Gasteiger charge is -2.25. The van der Waals surface area contributed by atoms with Crippen molar-refractivity contribution in [3.63, 3.8) is 0 Å². The number of rotatable bonds is 6. The van der Waals surface area contributed by atoms with E-state index in [1.807, 2.05) is 0 Å². The fourth-order valence-electron chi connectivity index (χ4n) is 1.87. The van der Waals surface area contributed by atoms with E-state index in [0.29, 0.717) is 11.4 Å². The molecule has 0 radical (unpaired) electrons. The maximum Gasteiger partial charge on any atom is 0.407 e. The van der Waals surface area contributed by atoms with E-state index in [1.54, 1.807) is 45.0 Å². The first-order valence-electron chi connectivity index (χ1n) is 7.12. The molecule has 1 amide bonds. The summed E-state index contributed by atoms with van der Waals surface area (Å²) >= 11 is 0. The summed E-state index contributed by atoms with van der Waals surface area (Å²) in [4.78, 5) is 11.6. The molecule has 1 rings (SSSR count). The van der Waals surface area contributed by atoms with E-state index in [1.165, 1.54) is 11.4 Å². The summed E-state index contributed by atoms with van der Waals surface area (Å²) in [6.45, 7) is 5.44. The number of sulfonamides is 1. The molecule has 1 aromatic carbocycles. The molecule has 0 aliphatic rings. The molecule has 0 spiro atoms. The van der Waals surface area contributed by atoms with Crippen LogP contribution in [-0.4, -0.2) is 46.6 Å². The average Bonchev–Trinajstić information content (AvgIpc) is 2.40. The van der Waals surface area contributed by atoms with E-state index in [2.05, 4.69) is 5.32 Å². The summed E-state index contributed by atoms with van der Waals surface area (Å²) in [5, 5.41) is 2.54. The Morgan fingerprint density at radius 2 is 1.87 bits per heavy atom. The Hall–Kier alpha value is -1.96. The molecule has 0 saturated heterocycles. The van der Waals surface area contributed by atoms with Crippen LogP contribution in [0.1, 0.15) is 20.8 Å². The lowest BCUT2D eigenvalue weighted by molar-refractivity contribution is 0.0529. The zero-order chi connectivity index (χ0) is 17.7. The van der Waals surface area contributed by atoms with Gasteiger partial charge in [-0.2, -0.15) is 0 Å². The summed E-state index contributed by atoms with van der Waals surface area (Å²) in [6.07, 6.45) is 0.512. The number of amides is 1. The molecular weight excluding hydrogens is 320 g/mol. The van der Waals surface area contributed by atoms with Gasteiger partial charge in [0, 0.05) is 6.54 Å². The van der Waals surface area contributed by atoms with Gasteiger partial charge in [-0.25, -0.2) is 13.2 Å². The number of carbonyl (C=O) groups is 1. The standard InChI is InChI=1S/C15H24N2O5S/c1-15(2,3)22-14(18)16-10-11-17(23(5,19)20)12-8-6-7-9-13(12)21-4/h6-9H,10-11H2,1-5H3,(H,16,18). The molecule has 0 unspecified atom stereocenters. The fourth-order valence-corrected chi connectivity index (χ4v) is 2.81. The number of hydrogen-bond donors (Lipinski definition) is 1. The van der Waals surface area contributed by atoms with Gasteiger partial charge in [-0.3, -0.25) is 4.31 Å². The maximum atomic E-state index is 12.0. The van der Waals surface area contributed by atoms with Gasteiger partial charge < -0.3 is 14.8 Å². The van der Waals surface area contributed by atoms with Crippen LogP contribution in [0.3, 0.4) is 0 Å². The van der Waals surface area contributed by atoms with Gasteiger partial charge in [-0.15, -0.1) is 0 Å². The Morgan fingerprint density at radius 3 is 2.39 bits per heavy atom. The Morgan fingerprint density at radius 1 is 1.26 bits per heavy atom. The van der Waals surface area contributed by atoms with E-state index in [-0.39, 0.29) is 13.1 Å². The van der Waals surface area contributed by atoms with E-state index in [4.69, 9.17) is 9.47 Å². The van der Waals surface area contributed by atoms with Crippen molar-refractivity contribution in [2.45, 2.75) is 26.4 Å². The predicted molar refractivity (Wildman–Crippen MR) is 89.4 cm³/mol. The van der Waals surface area contributed by atoms with E-state index < -0.39 is 21.7 Å². The molecule has 0 heterocycles. The Balaban J connectivity index is 2.81. The van der Waals surface area contributed by atoms with E-state index >= 15 is 0 Å². The number of para-hydroxylation sites is 2. The quantitative estimate of drug-likeness (QED) is 0.853. The Kier molecular flexibility index (Phi) is 6.26.